The van der Waals surface area contributed by atoms with E-state index in [9.17, 15) is 9.59 Å². The third-order valence-corrected chi connectivity index (χ3v) is 2.09. The molecule has 0 atom stereocenters. The highest BCUT2D eigenvalue weighted by atomic mass is 28.4. The van der Waals surface area contributed by atoms with Gasteiger partial charge in [0.25, 0.3) is 8.32 Å². The first-order valence-electron chi connectivity index (χ1n) is 4.90. The Hall–Kier alpha value is -1.63. The first-order valence-corrected chi connectivity index (χ1v) is 8.31. The third-order valence-electron chi connectivity index (χ3n) is 1.44. The lowest BCUT2D eigenvalue weighted by Gasteiger charge is -2.11. The minimum Gasteiger partial charge on any atom is -0.465 e. The Labute approximate surface area is 101 Å². The standard InChI is InChI=1S/C10H17NO5Si/c1-14-9(12)8(10(13)15-2)6-7-11-16-17(3,4)5/h6-7H,1-5H3/b11-7+. The van der Waals surface area contributed by atoms with Gasteiger partial charge in [0, 0.05) is 0 Å². The summed E-state index contributed by atoms with van der Waals surface area (Å²) in [6, 6.07) is 0. The van der Waals surface area contributed by atoms with Crippen LogP contribution in [0.4, 0.5) is 0 Å². The zero-order chi connectivity index (χ0) is 13.5. The molecule has 0 aromatic carbocycles. The predicted octanol–water partition coefficient (Wildman–Crippen LogP) is 1.10. The molecule has 6 nitrogen and oxygen atoms in total. The van der Waals surface area contributed by atoms with Crippen molar-refractivity contribution in [3.63, 3.8) is 0 Å². The Morgan fingerprint density at radius 1 is 1.06 bits per heavy atom. The summed E-state index contributed by atoms with van der Waals surface area (Å²) in [7, 11) is 0.591. The van der Waals surface area contributed by atoms with Crippen LogP contribution in [-0.4, -0.2) is 40.7 Å². The Balaban J connectivity index is 4.72. The molecular formula is C10H17NO5Si. The molecule has 0 N–H and O–H groups in total. The molecule has 0 amide bonds. The van der Waals surface area contributed by atoms with Crippen molar-refractivity contribution in [2.45, 2.75) is 19.6 Å². The number of hydrogen-bond donors (Lipinski definition) is 0. The number of allylic oxidation sites excluding steroid dienone is 1. The van der Waals surface area contributed by atoms with Gasteiger partial charge in [0.05, 0.1) is 20.4 Å². The molecule has 0 aliphatic rings. The summed E-state index contributed by atoms with van der Waals surface area (Å²) in [4.78, 5) is 22.4. The number of carbonyl (C=O) groups excluding carboxylic acids is 2. The van der Waals surface area contributed by atoms with Crippen LogP contribution in [-0.2, 0) is 23.6 Å². The molecular weight excluding hydrogens is 242 g/mol. The van der Waals surface area contributed by atoms with Crippen molar-refractivity contribution in [1.82, 2.24) is 0 Å². The van der Waals surface area contributed by atoms with E-state index in [1.54, 1.807) is 0 Å². The molecule has 0 bridgehead atoms. The van der Waals surface area contributed by atoms with Gasteiger partial charge in [-0.3, -0.25) is 0 Å². The predicted molar refractivity (Wildman–Crippen MR) is 65.0 cm³/mol. The molecule has 0 unspecified atom stereocenters. The maximum atomic E-state index is 11.2. The highest BCUT2D eigenvalue weighted by molar-refractivity contribution is 6.69. The fraction of sp³-hybridized carbons (Fsp3) is 0.500. The van der Waals surface area contributed by atoms with Crippen molar-refractivity contribution in [2.24, 2.45) is 5.16 Å². The van der Waals surface area contributed by atoms with E-state index in [-0.39, 0.29) is 5.57 Å². The van der Waals surface area contributed by atoms with Gasteiger partial charge in [-0.15, -0.1) is 5.16 Å². The Morgan fingerprint density at radius 3 is 1.88 bits per heavy atom. The molecule has 0 radical (unpaired) electrons. The highest BCUT2D eigenvalue weighted by Gasteiger charge is 2.19. The van der Waals surface area contributed by atoms with Gasteiger partial charge in [0.15, 0.2) is 0 Å². The SMILES string of the molecule is COC(=O)C(=C/C=N/O[Si](C)(C)C)C(=O)OC. The lowest BCUT2D eigenvalue weighted by molar-refractivity contribution is -0.144. The molecule has 0 aromatic rings. The van der Waals surface area contributed by atoms with E-state index < -0.39 is 20.3 Å². The van der Waals surface area contributed by atoms with Crippen LogP contribution in [0.1, 0.15) is 0 Å². The van der Waals surface area contributed by atoms with Crippen molar-refractivity contribution < 1.29 is 23.6 Å². The summed E-state index contributed by atoms with van der Waals surface area (Å²) < 4.78 is 14.0. The van der Waals surface area contributed by atoms with Crippen molar-refractivity contribution in [3.8, 4) is 0 Å². The zero-order valence-corrected chi connectivity index (χ0v) is 11.6. The number of methoxy groups -OCH3 is 2. The van der Waals surface area contributed by atoms with Crippen LogP contribution in [0, 0.1) is 0 Å². The van der Waals surface area contributed by atoms with Gasteiger partial charge in [-0.2, -0.15) is 0 Å². The molecule has 0 aromatic heterocycles. The third kappa shape index (κ3) is 6.51. The van der Waals surface area contributed by atoms with Gasteiger partial charge in [-0.25, -0.2) is 9.59 Å². The van der Waals surface area contributed by atoms with Crippen LogP contribution in [0.15, 0.2) is 16.8 Å². The minimum absolute atomic E-state index is 0.238. The summed E-state index contributed by atoms with van der Waals surface area (Å²) in [5.74, 6) is -1.56. The summed E-state index contributed by atoms with van der Waals surface area (Å²) >= 11 is 0. The smallest absolute Gasteiger partial charge is 0.345 e. The average Bonchev–Trinajstić information content (AvgIpc) is 2.26. The maximum absolute atomic E-state index is 11.2. The van der Waals surface area contributed by atoms with Crippen LogP contribution in [0.25, 0.3) is 0 Å². The lowest BCUT2D eigenvalue weighted by Crippen LogP contribution is -2.22. The second-order valence-corrected chi connectivity index (χ2v) is 8.43. The van der Waals surface area contributed by atoms with Crippen LogP contribution < -0.4 is 0 Å². The van der Waals surface area contributed by atoms with Crippen LogP contribution >= 0.6 is 0 Å². The Morgan fingerprint density at radius 2 is 1.53 bits per heavy atom. The molecule has 0 aliphatic carbocycles. The first kappa shape index (κ1) is 15.4. The number of hydrogen-bond acceptors (Lipinski definition) is 6. The van der Waals surface area contributed by atoms with E-state index in [0.717, 1.165) is 0 Å². The monoisotopic (exact) mass is 259 g/mol. The Kier molecular flexibility index (Phi) is 6.19. The number of rotatable bonds is 5. The summed E-state index contributed by atoms with van der Waals surface area (Å²) in [6.07, 6.45) is 2.42. The van der Waals surface area contributed by atoms with E-state index in [1.165, 1.54) is 26.5 Å². The van der Waals surface area contributed by atoms with Crippen LogP contribution in [0.2, 0.25) is 19.6 Å². The summed E-state index contributed by atoms with van der Waals surface area (Å²) in [5.41, 5.74) is -0.238. The first-order chi connectivity index (χ1) is 7.81. The van der Waals surface area contributed by atoms with Gasteiger partial charge < -0.3 is 14.0 Å². The molecule has 0 aliphatic heterocycles. The van der Waals surface area contributed by atoms with Gasteiger partial charge >= 0.3 is 11.9 Å². The molecule has 0 saturated heterocycles. The molecule has 0 saturated carbocycles. The van der Waals surface area contributed by atoms with E-state index in [1.807, 2.05) is 19.6 Å². The molecule has 96 valence electrons. The van der Waals surface area contributed by atoms with Crippen molar-refractivity contribution >= 4 is 26.5 Å². The lowest BCUT2D eigenvalue weighted by atomic mass is 10.2. The minimum atomic E-state index is -1.76. The second-order valence-electron chi connectivity index (χ2n) is 4.02. The summed E-state index contributed by atoms with van der Waals surface area (Å²) in [6.45, 7) is 5.86. The molecule has 0 fully saturated rings. The number of esters is 2. The highest BCUT2D eigenvalue weighted by Crippen LogP contribution is 2.03. The van der Waals surface area contributed by atoms with Gasteiger partial charge in [0.2, 0.25) is 0 Å². The molecule has 17 heavy (non-hydrogen) atoms. The topological polar surface area (TPSA) is 74.2 Å². The number of nitrogens with zero attached hydrogens (tertiary/aromatic N) is 1. The molecule has 7 heteroatoms. The zero-order valence-electron chi connectivity index (χ0n) is 10.6. The van der Waals surface area contributed by atoms with Crippen molar-refractivity contribution in [1.29, 1.82) is 0 Å². The normalized spacial score (nSPS) is 10.9. The van der Waals surface area contributed by atoms with E-state index in [4.69, 9.17) is 4.53 Å². The fourth-order valence-corrected chi connectivity index (χ4v) is 1.11. The number of carbonyl (C=O) groups is 2. The van der Waals surface area contributed by atoms with Gasteiger partial charge in [-0.05, 0) is 25.7 Å². The molecule has 0 spiro atoms. The number of oxime groups is 1. The fourth-order valence-electron chi connectivity index (χ4n) is 0.733. The Bertz CT molecular complexity index is 325. The van der Waals surface area contributed by atoms with Crippen molar-refractivity contribution in [2.75, 3.05) is 14.2 Å². The maximum Gasteiger partial charge on any atom is 0.345 e. The van der Waals surface area contributed by atoms with Gasteiger partial charge in [0.1, 0.15) is 5.57 Å². The average molecular weight is 259 g/mol. The van der Waals surface area contributed by atoms with Crippen LogP contribution in [0.3, 0.4) is 0 Å². The van der Waals surface area contributed by atoms with Crippen LogP contribution in [0.5, 0.6) is 0 Å². The van der Waals surface area contributed by atoms with Gasteiger partial charge in [-0.1, -0.05) is 0 Å². The quantitative estimate of drug-likeness (QED) is 0.140. The van der Waals surface area contributed by atoms with E-state index in [0.29, 0.717) is 0 Å². The van der Waals surface area contributed by atoms with E-state index in [2.05, 4.69) is 14.6 Å². The van der Waals surface area contributed by atoms with Crippen molar-refractivity contribution in [3.05, 3.63) is 11.6 Å². The second kappa shape index (κ2) is 6.84. The molecule has 0 rings (SSSR count). The largest absolute Gasteiger partial charge is 0.465 e. The van der Waals surface area contributed by atoms with E-state index >= 15 is 0 Å². The summed E-state index contributed by atoms with van der Waals surface area (Å²) in [5, 5.41) is 3.66. The molecule has 0 heterocycles. The number of ether oxygens (including phenoxy) is 2.